The fourth-order valence-corrected chi connectivity index (χ4v) is 3.93. The van der Waals surface area contributed by atoms with Gasteiger partial charge in [0.1, 0.15) is 13.2 Å². The number of rotatable bonds is 6. The Morgan fingerprint density at radius 1 is 1.14 bits per heavy atom. The van der Waals surface area contributed by atoms with Gasteiger partial charge in [-0.05, 0) is 32.0 Å². The molecule has 1 amide bonds. The topological polar surface area (TPSA) is 78.3 Å². The molecule has 2 heterocycles. The van der Waals surface area contributed by atoms with Crippen LogP contribution in [-0.2, 0) is 11.3 Å². The number of aromatic nitrogens is 3. The number of thioether (sulfide) groups is 1. The number of nitrogens with one attached hydrogen (secondary N) is 1. The Balaban J connectivity index is 1.42. The number of amides is 1. The Labute approximate surface area is 173 Å². The Morgan fingerprint density at radius 3 is 2.76 bits per heavy atom. The van der Waals surface area contributed by atoms with Gasteiger partial charge in [0, 0.05) is 23.9 Å². The van der Waals surface area contributed by atoms with Crippen LogP contribution in [-0.4, -0.2) is 39.6 Å². The van der Waals surface area contributed by atoms with E-state index in [1.807, 2.05) is 36.6 Å². The molecule has 0 fully saturated rings. The number of ether oxygens (including phenoxy) is 2. The predicted octanol–water partition coefficient (Wildman–Crippen LogP) is 3.78. The molecular formula is C21H22N4O3S. The van der Waals surface area contributed by atoms with Crippen molar-refractivity contribution in [1.29, 1.82) is 0 Å². The lowest BCUT2D eigenvalue weighted by molar-refractivity contribution is -0.113. The smallest absolute Gasteiger partial charge is 0.234 e. The molecule has 2 aromatic carbocycles. The molecule has 0 radical (unpaired) electrons. The van der Waals surface area contributed by atoms with E-state index in [9.17, 15) is 4.79 Å². The minimum Gasteiger partial charge on any atom is -0.486 e. The normalized spacial score (nSPS) is 12.6. The second kappa shape index (κ2) is 8.57. The molecule has 1 aliphatic heterocycles. The first-order valence-electron chi connectivity index (χ1n) is 9.46. The monoisotopic (exact) mass is 410 g/mol. The van der Waals surface area contributed by atoms with Crippen LogP contribution in [0.3, 0.4) is 0 Å². The summed E-state index contributed by atoms with van der Waals surface area (Å²) in [5, 5.41) is 12.2. The first-order valence-corrected chi connectivity index (χ1v) is 10.4. The summed E-state index contributed by atoms with van der Waals surface area (Å²) >= 11 is 1.37. The van der Waals surface area contributed by atoms with E-state index in [1.54, 1.807) is 18.2 Å². The quantitative estimate of drug-likeness (QED) is 0.623. The van der Waals surface area contributed by atoms with Crippen LogP contribution in [0, 0.1) is 6.92 Å². The molecule has 4 rings (SSSR count). The highest BCUT2D eigenvalue weighted by Crippen LogP contribution is 2.32. The summed E-state index contributed by atoms with van der Waals surface area (Å²) in [6.07, 6.45) is 0. The van der Waals surface area contributed by atoms with Crippen LogP contribution >= 0.6 is 11.8 Å². The van der Waals surface area contributed by atoms with E-state index in [2.05, 4.69) is 21.6 Å². The molecule has 0 atom stereocenters. The molecule has 0 aliphatic carbocycles. The highest BCUT2D eigenvalue weighted by Gasteiger charge is 2.16. The van der Waals surface area contributed by atoms with Gasteiger partial charge in [0.05, 0.1) is 5.75 Å². The maximum absolute atomic E-state index is 12.4. The van der Waals surface area contributed by atoms with Crippen molar-refractivity contribution in [2.75, 3.05) is 24.3 Å². The molecule has 0 spiro atoms. The number of carbonyl (C=O) groups excluding carboxylic acids is 1. The summed E-state index contributed by atoms with van der Waals surface area (Å²) in [5.41, 5.74) is 2.87. The van der Waals surface area contributed by atoms with Crippen molar-refractivity contribution < 1.29 is 14.3 Å². The molecule has 1 aromatic heterocycles. The molecule has 150 valence electrons. The lowest BCUT2D eigenvalue weighted by Crippen LogP contribution is -2.17. The Hall–Kier alpha value is -3.00. The number of hydrogen-bond donors (Lipinski definition) is 1. The summed E-state index contributed by atoms with van der Waals surface area (Å²) in [5.74, 6) is 2.28. The number of hydrogen-bond acceptors (Lipinski definition) is 6. The van der Waals surface area contributed by atoms with E-state index in [4.69, 9.17) is 9.47 Å². The van der Waals surface area contributed by atoms with Crippen LogP contribution in [0.15, 0.2) is 47.6 Å². The van der Waals surface area contributed by atoms with Gasteiger partial charge in [-0.15, -0.1) is 10.2 Å². The molecule has 1 aliphatic rings. The highest BCUT2D eigenvalue weighted by atomic mass is 32.2. The minimum absolute atomic E-state index is 0.116. The van der Waals surface area contributed by atoms with Crippen molar-refractivity contribution >= 4 is 23.4 Å². The van der Waals surface area contributed by atoms with Crippen molar-refractivity contribution in [2.45, 2.75) is 25.5 Å². The van der Waals surface area contributed by atoms with Crippen molar-refractivity contribution in [2.24, 2.45) is 0 Å². The van der Waals surface area contributed by atoms with E-state index in [0.717, 1.165) is 23.1 Å². The average molecular weight is 410 g/mol. The molecule has 0 unspecified atom stereocenters. The maximum atomic E-state index is 12.4. The van der Waals surface area contributed by atoms with Gasteiger partial charge in [-0.3, -0.25) is 4.79 Å². The molecule has 0 saturated carbocycles. The van der Waals surface area contributed by atoms with Crippen LogP contribution in [0.1, 0.15) is 12.5 Å². The predicted molar refractivity (Wildman–Crippen MR) is 113 cm³/mol. The summed E-state index contributed by atoms with van der Waals surface area (Å²) in [6.45, 7) is 5.87. The van der Waals surface area contributed by atoms with Gasteiger partial charge in [-0.1, -0.05) is 35.5 Å². The number of nitrogens with zero attached hydrogens (tertiary/aromatic N) is 3. The molecule has 3 aromatic rings. The van der Waals surface area contributed by atoms with Crippen molar-refractivity contribution in [3.8, 4) is 22.9 Å². The largest absolute Gasteiger partial charge is 0.486 e. The highest BCUT2D eigenvalue weighted by molar-refractivity contribution is 7.99. The van der Waals surface area contributed by atoms with E-state index >= 15 is 0 Å². The van der Waals surface area contributed by atoms with E-state index < -0.39 is 0 Å². The second-order valence-electron chi connectivity index (χ2n) is 6.62. The van der Waals surface area contributed by atoms with Gasteiger partial charge in [-0.2, -0.15) is 0 Å². The van der Waals surface area contributed by atoms with Crippen molar-refractivity contribution in [3.63, 3.8) is 0 Å². The molecule has 29 heavy (non-hydrogen) atoms. The van der Waals surface area contributed by atoms with E-state index in [0.29, 0.717) is 30.4 Å². The standard InChI is InChI=1S/C21H22N4O3S/c1-3-25-20(15-6-4-5-14(2)11-15)23-24-21(25)29-13-19(26)22-16-7-8-17-18(12-16)28-10-9-27-17/h4-8,11-12H,3,9-10,13H2,1-2H3,(H,22,26). The minimum atomic E-state index is -0.116. The molecule has 1 N–H and O–H groups in total. The van der Waals surface area contributed by atoms with Crippen LogP contribution in [0.4, 0.5) is 5.69 Å². The van der Waals surface area contributed by atoms with Crippen LogP contribution in [0.2, 0.25) is 0 Å². The first kappa shape index (κ1) is 19.3. The third-order valence-electron chi connectivity index (χ3n) is 4.47. The lowest BCUT2D eigenvalue weighted by Gasteiger charge is -2.19. The second-order valence-corrected chi connectivity index (χ2v) is 7.56. The third-order valence-corrected chi connectivity index (χ3v) is 5.43. The summed E-state index contributed by atoms with van der Waals surface area (Å²) in [7, 11) is 0. The van der Waals surface area contributed by atoms with Gasteiger partial charge >= 0.3 is 0 Å². The van der Waals surface area contributed by atoms with Gasteiger partial charge in [0.25, 0.3) is 0 Å². The number of fused-ring (bicyclic) bond motifs is 1. The Bertz CT molecular complexity index is 1030. The average Bonchev–Trinajstić information content (AvgIpc) is 3.15. The van der Waals surface area contributed by atoms with Gasteiger partial charge in [0.2, 0.25) is 5.91 Å². The maximum Gasteiger partial charge on any atom is 0.234 e. The first-order chi connectivity index (χ1) is 14.1. The van der Waals surface area contributed by atoms with Gasteiger partial charge < -0.3 is 19.4 Å². The van der Waals surface area contributed by atoms with Crippen molar-refractivity contribution in [3.05, 3.63) is 48.0 Å². The van der Waals surface area contributed by atoms with Crippen LogP contribution in [0.5, 0.6) is 11.5 Å². The van der Waals surface area contributed by atoms with Crippen LogP contribution in [0.25, 0.3) is 11.4 Å². The lowest BCUT2D eigenvalue weighted by atomic mass is 10.1. The zero-order valence-electron chi connectivity index (χ0n) is 16.3. The summed E-state index contributed by atoms with van der Waals surface area (Å²) < 4.78 is 13.1. The fourth-order valence-electron chi connectivity index (χ4n) is 3.13. The third kappa shape index (κ3) is 4.37. The van der Waals surface area contributed by atoms with Crippen molar-refractivity contribution in [1.82, 2.24) is 14.8 Å². The number of aryl methyl sites for hydroxylation is 1. The fraction of sp³-hybridized carbons (Fsp3) is 0.286. The Kier molecular flexibility index (Phi) is 5.71. The van der Waals surface area contributed by atoms with E-state index in [-0.39, 0.29) is 11.7 Å². The number of carbonyl (C=O) groups is 1. The number of benzene rings is 2. The molecule has 8 heteroatoms. The summed E-state index contributed by atoms with van der Waals surface area (Å²) in [6, 6.07) is 13.5. The zero-order chi connectivity index (χ0) is 20.2. The molecule has 0 saturated heterocycles. The summed E-state index contributed by atoms with van der Waals surface area (Å²) in [4.78, 5) is 12.4. The van der Waals surface area contributed by atoms with E-state index in [1.165, 1.54) is 17.3 Å². The Morgan fingerprint density at radius 2 is 1.97 bits per heavy atom. The zero-order valence-corrected chi connectivity index (χ0v) is 17.2. The molecule has 7 nitrogen and oxygen atoms in total. The number of anilines is 1. The SMILES string of the molecule is CCn1c(SCC(=O)Nc2ccc3c(c2)OCCO3)nnc1-c1cccc(C)c1. The molecule has 0 bridgehead atoms. The van der Waals surface area contributed by atoms with Gasteiger partial charge in [-0.25, -0.2) is 0 Å². The molecular weight excluding hydrogens is 388 g/mol. The van der Waals surface area contributed by atoms with Crippen LogP contribution < -0.4 is 14.8 Å². The van der Waals surface area contributed by atoms with Gasteiger partial charge in [0.15, 0.2) is 22.5 Å².